The number of hydrogen-bond acceptors (Lipinski definition) is 4. The summed E-state index contributed by atoms with van der Waals surface area (Å²) >= 11 is 29.7. The highest BCUT2D eigenvalue weighted by atomic mass is 35.5. The lowest BCUT2D eigenvalue weighted by Gasteiger charge is -2.27. The Morgan fingerprint density at radius 1 is 1.12 bits per heavy atom. The Labute approximate surface area is 165 Å². The van der Waals surface area contributed by atoms with Gasteiger partial charge in [-0.15, -0.1) is 10.2 Å². The summed E-state index contributed by atoms with van der Waals surface area (Å²) in [7, 11) is 0. The number of rotatable bonds is 4. The third kappa shape index (κ3) is 5.37. The molecule has 1 saturated carbocycles. The number of esters is 1. The van der Waals surface area contributed by atoms with Gasteiger partial charge >= 0.3 is 10.4 Å². The SMILES string of the molecule is CC1CCC(OC(=O)C(Cl)(Cl)/N=N/c2c(Cl)cc(Cl)cc2Cl)CC1. The highest BCUT2D eigenvalue weighted by Gasteiger charge is 2.38. The molecule has 1 aromatic rings. The quantitative estimate of drug-likeness (QED) is 0.223. The molecule has 9 heteroatoms. The van der Waals surface area contributed by atoms with Crippen LogP contribution in [0.3, 0.4) is 0 Å². The molecule has 4 nitrogen and oxygen atoms in total. The van der Waals surface area contributed by atoms with Crippen LogP contribution in [-0.4, -0.2) is 16.5 Å². The van der Waals surface area contributed by atoms with Gasteiger partial charge in [-0.1, -0.05) is 64.9 Å². The molecule has 0 spiro atoms. The highest BCUT2D eigenvalue weighted by Crippen LogP contribution is 2.38. The van der Waals surface area contributed by atoms with Gasteiger partial charge in [0.05, 0.1) is 10.0 Å². The van der Waals surface area contributed by atoms with E-state index in [-0.39, 0.29) is 21.8 Å². The van der Waals surface area contributed by atoms with Gasteiger partial charge in [0.15, 0.2) is 0 Å². The van der Waals surface area contributed by atoms with Crippen LogP contribution in [-0.2, 0) is 9.53 Å². The van der Waals surface area contributed by atoms with Crippen LogP contribution in [0.2, 0.25) is 15.1 Å². The minimum Gasteiger partial charge on any atom is -0.459 e. The van der Waals surface area contributed by atoms with Gasteiger partial charge in [-0.2, -0.15) is 0 Å². The minimum absolute atomic E-state index is 0.118. The van der Waals surface area contributed by atoms with Crippen molar-refractivity contribution in [2.75, 3.05) is 0 Å². The van der Waals surface area contributed by atoms with Crippen LogP contribution in [0.15, 0.2) is 22.4 Å². The first-order valence-corrected chi connectivity index (χ1v) is 9.24. The highest BCUT2D eigenvalue weighted by molar-refractivity contribution is 6.57. The molecule has 24 heavy (non-hydrogen) atoms. The number of alkyl halides is 2. The fourth-order valence-electron chi connectivity index (χ4n) is 2.35. The Kier molecular flexibility index (Phi) is 7.03. The summed E-state index contributed by atoms with van der Waals surface area (Å²) in [6.07, 6.45) is 3.34. The monoisotopic (exact) mass is 430 g/mol. The molecule has 0 N–H and O–H groups in total. The van der Waals surface area contributed by atoms with Crippen LogP contribution in [0.25, 0.3) is 0 Å². The third-order valence-corrected chi connectivity index (χ3v) is 4.99. The Morgan fingerprint density at radius 2 is 1.67 bits per heavy atom. The van der Waals surface area contributed by atoms with Gasteiger partial charge in [0.2, 0.25) is 0 Å². The van der Waals surface area contributed by atoms with Crippen molar-refractivity contribution in [2.45, 2.75) is 43.2 Å². The van der Waals surface area contributed by atoms with Crippen molar-refractivity contribution >= 4 is 69.7 Å². The topological polar surface area (TPSA) is 51.0 Å². The first kappa shape index (κ1) is 20.1. The molecule has 0 amide bonds. The maximum absolute atomic E-state index is 12.1. The lowest BCUT2D eigenvalue weighted by atomic mass is 9.89. The van der Waals surface area contributed by atoms with Crippen molar-refractivity contribution in [3.05, 3.63) is 27.2 Å². The molecule has 1 aliphatic carbocycles. The van der Waals surface area contributed by atoms with E-state index in [0.717, 1.165) is 25.7 Å². The van der Waals surface area contributed by atoms with Crippen molar-refractivity contribution in [3.8, 4) is 0 Å². The normalized spacial score (nSPS) is 21.9. The first-order valence-electron chi connectivity index (χ1n) is 7.35. The number of azo groups is 1. The molecule has 0 aromatic heterocycles. The fraction of sp³-hybridized carbons (Fsp3) is 0.533. The zero-order valence-electron chi connectivity index (χ0n) is 12.7. The van der Waals surface area contributed by atoms with Gasteiger partial charge in [0.25, 0.3) is 0 Å². The molecule has 0 atom stereocenters. The van der Waals surface area contributed by atoms with E-state index in [0.29, 0.717) is 10.9 Å². The summed E-state index contributed by atoms with van der Waals surface area (Å²) in [6, 6.07) is 2.88. The summed E-state index contributed by atoms with van der Waals surface area (Å²) < 4.78 is 3.16. The number of carbonyl (C=O) groups is 1. The van der Waals surface area contributed by atoms with Gasteiger partial charge in [-0.05, 0) is 43.7 Å². The molecule has 1 aromatic carbocycles. The number of halogens is 5. The molecule has 0 bridgehead atoms. The van der Waals surface area contributed by atoms with E-state index in [1.807, 2.05) is 0 Å². The van der Waals surface area contributed by atoms with E-state index < -0.39 is 10.4 Å². The number of nitrogens with zero attached hydrogens (tertiary/aromatic N) is 2. The van der Waals surface area contributed by atoms with E-state index in [2.05, 4.69) is 17.2 Å². The van der Waals surface area contributed by atoms with Crippen LogP contribution in [0, 0.1) is 5.92 Å². The van der Waals surface area contributed by atoms with Crippen molar-refractivity contribution < 1.29 is 9.53 Å². The average Bonchev–Trinajstić information content (AvgIpc) is 2.48. The fourth-order valence-corrected chi connectivity index (χ4v) is 3.41. The average molecular weight is 433 g/mol. The van der Waals surface area contributed by atoms with E-state index >= 15 is 0 Å². The maximum atomic E-state index is 12.1. The largest absolute Gasteiger partial charge is 0.459 e. The Morgan fingerprint density at radius 3 is 2.21 bits per heavy atom. The minimum atomic E-state index is -2.17. The van der Waals surface area contributed by atoms with E-state index in [1.54, 1.807) is 0 Å². The summed E-state index contributed by atoms with van der Waals surface area (Å²) in [5.74, 6) is -0.235. The molecular weight excluding hydrogens is 417 g/mol. The van der Waals surface area contributed by atoms with Crippen LogP contribution in [0.1, 0.15) is 32.6 Å². The number of hydrogen-bond donors (Lipinski definition) is 0. The lowest BCUT2D eigenvalue weighted by Crippen LogP contribution is -2.32. The number of carbonyl (C=O) groups excluding carboxylic acids is 1. The van der Waals surface area contributed by atoms with Gasteiger partial charge < -0.3 is 4.74 Å². The van der Waals surface area contributed by atoms with E-state index in [1.165, 1.54) is 12.1 Å². The Hall–Kier alpha value is -0.260. The van der Waals surface area contributed by atoms with E-state index in [4.69, 9.17) is 62.7 Å². The van der Waals surface area contributed by atoms with Crippen LogP contribution >= 0.6 is 58.0 Å². The second-order valence-corrected chi connectivity index (χ2v) is 8.28. The first-order chi connectivity index (χ1) is 11.2. The zero-order chi connectivity index (χ0) is 17.9. The molecule has 0 saturated heterocycles. The van der Waals surface area contributed by atoms with Gasteiger partial charge in [0, 0.05) is 5.02 Å². The summed E-state index contributed by atoms with van der Waals surface area (Å²) in [6.45, 7) is 2.17. The molecular formula is C15H15Cl5N2O2. The van der Waals surface area contributed by atoms with E-state index in [9.17, 15) is 4.79 Å². The molecule has 1 fully saturated rings. The smallest absolute Gasteiger partial charge is 0.368 e. The Balaban J connectivity index is 2.05. The van der Waals surface area contributed by atoms with Crippen LogP contribution in [0.5, 0.6) is 0 Å². The van der Waals surface area contributed by atoms with Crippen molar-refractivity contribution in [2.24, 2.45) is 16.1 Å². The number of benzene rings is 1. The molecule has 2 rings (SSSR count). The van der Waals surface area contributed by atoms with Crippen LogP contribution in [0.4, 0.5) is 5.69 Å². The predicted octanol–water partition coefficient (Wildman–Crippen LogP) is 6.98. The number of ether oxygens (including phenoxy) is 1. The summed E-state index contributed by atoms with van der Waals surface area (Å²) in [4.78, 5) is 12.1. The second-order valence-electron chi connectivity index (χ2n) is 5.75. The van der Waals surface area contributed by atoms with Gasteiger partial charge in [0.1, 0.15) is 11.8 Å². The van der Waals surface area contributed by atoms with Gasteiger partial charge in [-0.3, -0.25) is 0 Å². The van der Waals surface area contributed by atoms with Crippen molar-refractivity contribution in [3.63, 3.8) is 0 Å². The molecule has 0 unspecified atom stereocenters. The van der Waals surface area contributed by atoms with Crippen molar-refractivity contribution in [1.29, 1.82) is 0 Å². The third-order valence-electron chi connectivity index (χ3n) is 3.74. The molecule has 0 radical (unpaired) electrons. The lowest BCUT2D eigenvalue weighted by molar-refractivity contribution is -0.151. The predicted molar refractivity (Wildman–Crippen MR) is 97.9 cm³/mol. The zero-order valence-corrected chi connectivity index (χ0v) is 16.5. The second kappa shape index (κ2) is 8.41. The van der Waals surface area contributed by atoms with Gasteiger partial charge in [-0.25, -0.2) is 4.79 Å². The summed E-state index contributed by atoms with van der Waals surface area (Å²) in [5.41, 5.74) is 0.118. The standard InChI is InChI=1S/C15H15Cl5N2O2/c1-8-2-4-10(5-3-8)24-14(23)15(19,20)22-21-13-11(17)6-9(16)7-12(13)18/h6-8,10H,2-5H2,1H3/b22-21+. The summed E-state index contributed by atoms with van der Waals surface area (Å²) in [5, 5.41) is 8.08. The molecule has 1 aliphatic rings. The molecule has 132 valence electrons. The molecule has 0 heterocycles. The Bertz CT molecular complexity index is 620. The maximum Gasteiger partial charge on any atom is 0.368 e. The van der Waals surface area contributed by atoms with Crippen molar-refractivity contribution in [1.82, 2.24) is 0 Å². The van der Waals surface area contributed by atoms with Crippen LogP contribution < -0.4 is 0 Å². The molecule has 0 aliphatic heterocycles.